The molecule has 6 nitrogen and oxygen atoms in total. The fraction of sp³-hybridized carbons (Fsp3) is 0.444. The molecule has 0 amide bonds. The van der Waals surface area contributed by atoms with E-state index in [2.05, 4.69) is 15.0 Å². The number of hydrogen-bond donors (Lipinski definition) is 1. The van der Waals surface area contributed by atoms with E-state index < -0.39 is 17.7 Å². The first-order valence-corrected chi connectivity index (χ1v) is 12.3. The summed E-state index contributed by atoms with van der Waals surface area (Å²) in [7, 11) is 0. The molecule has 2 fully saturated rings. The minimum Gasteiger partial charge on any atom is -0.481 e. The van der Waals surface area contributed by atoms with Gasteiger partial charge in [0.2, 0.25) is 5.82 Å². The van der Waals surface area contributed by atoms with Crippen LogP contribution in [0.2, 0.25) is 0 Å². The van der Waals surface area contributed by atoms with Gasteiger partial charge >= 0.3 is 12.1 Å². The molecule has 2 heterocycles. The summed E-state index contributed by atoms with van der Waals surface area (Å²) >= 11 is 0. The predicted molar refractivity (Wildman–Crippen MR) is 127 cm³/mol. The Labute approximate surface area is 207 Å². The summed E-state index contributed by atoms with van der Waals surface area (Å²) in [6.45, 7) is 3.67. The average molecular weight is 500 g/mol. The summed E-state index contributed by atoms with van der Waals surface area (Å²) in [4.78, 5) is 17.5. The largest absolute Gasteiger partial charge is 0.481 e. The molecule has 0 spiro atoms. The Bertz CT molecular complexity index is 1260. The number of rotatable bonds is 6. The monoisotopic (exact) mass is 499 g/mol. The molecule has 36 heavy (non-hydrogen) atoms. The summed E-state index contributed by atoms with van der Waals surface area (Å²) in [5, 5.41) is 13.1. The zero-order valence-electron chi connectivity index (χ0n) is 20.0. The van der Waals surface area contributed by atoms with Crippen molar-refractivity contribution in [1.29, 1.82) is 0 Å². The summed E-state index contributed by atoms with van der Waals surface area (Å²) in [5.74, 6) is -0.795. The quantitative estimate of drug-likeness (QED) is 0.429. The minimum absolute atomic E-state index is 0.0488. The first-order valence-electron chi connectivity index (χ1n) is 12.3. The molecular formula is C27H28F3N3O3. The fourth-order valence-corrected chi connectivity index (χ4v) is 5.27. The Balaban J connectivity index is 1.35. The normalized spacial score (nSPS) is 17.8. The van der Waals surface area contributed by atoms with Crippen molar-refractivity contribution in [2.75, 3.05) is 13.1 Å². The molecule has 0 unspecified atom stereocenters. The van der Waals surface area contributed by atoms with Crippen molar-refractivity contribution in [1.82, 2.24) is 15.0 Å². The maximum absolute atomic E-state index is 13.9. The first kappa shape index (κ1) is 24.5. The Morgan fingerprint density at radius 2 is 1.81 bits per heavy atom. The molecule has 0 bridgehead atoms. The number of carboxylic acid groups (broad SMARTS) is 1. The maximum Gasteiger partial charge on any atom is 0.416 e. The van der Waals surface area contributed by atoms with Gasteiger partial charge in [-0.05, 0) is 60.6 Å². The molecular weight excluding hydrogens is 471 g/mol. The number of halogens is 3. The van der Waals surface area contributed by atoms with Gasteiger partial charge in [-0.25, -0.2) is 0 Å². The van der Waals surface area contributed by atoms with Crippen molar-refractivity contribution in [3.63, 3.8) is 0 Å². The van der Waals surface area contributed by atoms with Crippen LogP contribution in [0.3, 0.4) is 0 Å². The molecule has 1 saturated carbocycles. The predicted octanol–water partition coefficient (Wildman–Crippen LogP) is 6.29. The Morgan fingerprint density at radius 1 is 1.08 bits per heavy atom. The molecule has 1 aromatic heterocycles. The maximum atomic E-state index is 13.9. The number of hydrogen-bond acceptors (Lipinski definition) is 5. The fourth-order valence-electron chi connectivity index (χ4n) is 5.27. The number of nitrogens with zero attached hydrogens (tertiary/aromatic N) is 3. The molecule has 0 radical (unpaired) electrons. The van der Waals surface area contributed by atoms with Crippen LogP contribution in [0, 0.1) is 12.8 Å². The summed E-state index contributed by atoms with van der Waals surface area (Å²) < 4.78 is 47.2. The third-order valence-corrected chi connectivity index (χ3v) is 7.38. The van der Waals surface area contributed by atoms with Gasteiger partial charge in [-0.15, -0.1) is 0 Å². The van der Waals surface area contributed by atoms with Gasteiger partial charge in [0, 0.05) is 30.8 Å². The SMILES string of the molecule is Cc1cc(-c2noc(-c3ccc(C4CCCCC4)c(C(F)(F)F)c3)n2)ccc1CN1CC(C(=O)O)C1. The lowest BCUT2D eigenvalue weighted by molar-refractivity contribution is -0.147. The molecule has 1 saturated heterocycles. The van der Waals surface area contributed by atoms with Crippen LogP contribution in [0.5, 0.6) is 0 Å². The van der Waals surface area contributed by atoms with E-state index in [1.165, 1.54) is 0 Å². The Morgan fingerprint density at radius 3 is 2.47 bits per heavy atom. The van der Waals surface area contributed by atoms with Crippen LogP contribution in [0.1, 0.15) is 60.3 Å². The molecule has 190 valence electrons. The van der Waals surface area contributed by atoms with E-state index in [0.717, 1.165) is 49.3 Å². The molecule has 2 aromatic carbocycles. The van der Waals surface area contributed by atoms with Crippen molar-refractivity contribution < 1.29 is 27.6 Å². The highest BCUT2D eigenvalue weighted by Gasteiger charge is 2.36. The van der Waals surface area contributed by atoms with Gasteiger partial charge in [-0.2, -0.15) is 18.2 Å². The van der Waals surface area contributed by atoms with Crippen LogP contribution in [-0.4, -0.2) is 39.2 Å². The Hall–Kier alpha value is -3.20. The van der Waals surface area contributed by atoms with E-state index in [1.54, 1.807) is 12.1 Å². The highest BCUT2D eigenvalue weighted by molar-refractivity contribution is 5.71. The zero-order chi connectivity index (χ0) is 25.4. The van der Waals surface area contributed by atoms with Gasteiger partial charge in [0.05, 0.1) is 11.5 Å². The number of aryl methyl sites for hydroxylation is 1. The molecule has 9 heteroatoms. The van der Waals surface area contributed by atoms with Crippen molar-refractivity contribution in [3.05, 3.63) is 58.7 Å². The van der Waals surface area contributed by atoms with Crippen molar-refractivity contribution in [2.24, 2.45) is 5.92 Å². The van der Waals surface area contributed by atoms with Gasteiger partial charge < -0.3 is 9.63 Å². The zero-order valence-corrected chi connectivity index (χ0v) is 20.0. The summed E-state index contributed by atoms with van der Waals surface area (Å²) in [5.41, 5.74) is 2.75. The number of carboxylic acids is 1. The highest BCUT2D eigenvalue weighted by atomic mass is 19.4. The van der Waals surface area contributed by atoms with Gasteiger partial charge in [0.25, 0.3) is 5.89 Å². The number of aromatic nitrogens is 2. The van der Waals surface area contributed by atoms with E-state index in [9.17, 15) is 18.0 Å². The van der Waals surface area contributed by atoms with Crippen LogP contribution in [0.4, 0.5) is 13.2 Å². The number of benzene rings is 2. The number of aliphatic carboxylic acids is 1. The minimum atomic E-state index is -4.46. The molecule has 5 rings (SSSR count). The third-order valence-electron chi connectivity index (χ3n) is 7.38. The standard InChI is InChI=1S/C27H28F3N3O3/c1-16-11-18(7-8-20(16)13-33-14-21(15-33)26(34)35)24-31-25(36-32-24)19-9-10-22(17-5-3-2-4-6-17)23(12-19)27(28,29)30/h7-12,17,21H,2-6,13-15H2,1H3,(H,34,35). The van der Waals surface area contributed by atoms with Crippen molar-refractivity contribution in [3.8, 4) is 22.8 Å². The van der Waals surface area contributed by atoms with Crippen LogP contribution < -0.4 is 0 Å². The molecule has 3 aromatic rings. The molecule has 1 N–H and O–H groups in total. The lowest BCUT2D eigenvalue weighted by Crippen LogP contribution is -2.49. The number of alkyl halides is 3. The smallest absolute Gasteiger partial charge is 0.416 e. The Kier molecular flexibility index (Phi) is 6.59. The molecule has 1 aliphatic carbocycles. The lowest BCUT2D eigenvalue weighted by Gasteiger charge is -2.36. The lowest BCUT2D eigenvalue weighted by atomic mass is 9.81. The molecule has 0 atom stereocenters. The molecule has 1 aliphatic heterocycles. The van der Waals surface area contributed by atoms with Crippen LogP contribution in [0.25, 0.3) is 22.8 Å². The topological polar surface area (TPSA) is 79.5 Å². The average Bonchev–Trinajstić information content (AvgIpc) is 3.31. The second kappa shape index (κ2) is 9.69. The van der Waals surface area contributed by atoms with Gasteiger partial charge in [0.1, 0.15) is 0 Å². The number of likely N-dealkylation sites (tertiary alicyclic amines) is 1. The van der Waals surface area contributed by atoms with Crippen LogP contribution in [-0.2, 0) is 17.5 Å². The van der Waals surface area contributed by atoms with Gasteiger partial charge in [0.15, 0.2) is 0 Å². The van der Waals surface area contributed by atoms with Crippen LogP contribution >= 0.6 is 0 Å². The van der Waals surface area contributed by atoms with Gasteiger partial charge in [-0.3, -0.25) is 9.69 Å². The van der Waals surface area contributed by atoms with E-state index in [4.69, 9.17) is 9.63 Å². The van der Waals surface area contributed by atoms with E-state index in [0.29, 0.717) is 36.6 Å². The number of carbonyl (C=O) groups is 1. The summed E-state index contributed by atoms with van der Waals surface area (Å²) in [6.07, 6.45) is 0.0799. The first-order chi connectivity index (χ1) is 17.2. The highest BCUT2D eigenvalue weighted by Crippen LogP contribution is 2.42. The van der Waals surface area contributed by atoms with E-state index >= 15 is 0 Å². The summed E-state index contributed by atoms with van der Waals surface area (Å²) in [6, 6.07) is 10.0. The van der Waals surface area contributed by atoms with Crippen molar-refractivity contribution in [2.45, 2.75) is 57.7 Å². The van der Waals surface area contributed by atoms with Gasteiger partial charge in [-0.1, -0.05) is 42.6 Å². The second-order valence-corrected chi connectivity index (χ2v) is 9.93. The third kappa shape index (κ3) is 5.02. The van der Waals surface area contributed by atoms with E-state index in [-0.39, 0.29) is 23.3 Å². The van der Waals surface area contributed by atoms with Crippen LogP contribution in [0.15, 0.2) is 40.9 Å². The molecule has 2 aliphatic rings. The second-order valence-electron chi connectivity index (χ2n) is 9.93. The van der Waals surface area contributed by atoms with E-state index in [1.807, 2.05) is 25.1 Å². The van der Waals surface area contributed by atoms with Crippen molar-refractivity contribution >= 4 is 5.97 Å².